The maximum absolute atomic E-state index is 11.8. The minimum absolute atomic E-state index is 0.404. The zero-order valence-electron chi connectivity index (χ0n) is 13.3. The number of aryl methyl sites for hydroxylation is 1. The van der Waals surface area contributed by atoms with Crippen molar-refractivity contribution in [3.8, 4) is 0 Å². The molecule has 1 aliphatic rings. The van der Waals surface area contributed by atoms with Crippen molar-refractivity contribution in [3.05, 3.63) is 23.3 Å². The van der Waals surface area contributed by atoms with Crippen molar-refractivity contribution in [2.75, 3.05) is 18.3 Å². The molecule has 1 aliphatic heterocycles. The Morgan fingerprint density at radius 1 is 1.33 bits per heavy atom. The van der Waals surface area contributed by atoms with Crippen molar-refractivity contribution in [1.82, 2.24) is 5.01 Å². The van der Waals surface area contributed by atoms with Gasteiger partial charge >= 0.3 is 5.97 Å². The average Bonchev–Trinajstić information content (AvgIpc) is 2.45. The lowest BCUT2D eigenvalue weighted by molar-refractivity contribution is 0.0602. The maximum atomic E-state index is 11.8. The Bertz CT molecular complexity index is 520. The lowest BCUT2D eigenvalue weighted by Gasteiger charge is -2.39. The molecule has 1 aromatic carbocycles. The van der Waals surface area contributed by atoms with E-state index in [0.29, 0.717) is 23.3 Å². The van der Waals surface area contributed by atoms with E-state index in [1.54, 1.807) is 6.07 Å². The highest BCUT2D eigenvalue weighted by molar-refractivity contribution is 5.97. The Balaban J connectivity index is 2.27. The molecule has 5 heteroatoms. The predicted octanol–water partition coefficient (Wildman–Crippen LogP) is 2.95. The first-order valence-corrected chi connectivity index (χ1v) is 7.47. The van der Waals surface area contributed by atoms with Crippen LogP contribution in [0.5, 0.6) is 0 Å². The highest BCUT2D eigenvalue weighted by Gasteiger charge is 2.25. The summed E-state index contributed by atoms with van der Waals surface area (Å²) in [5, 5.41) is 2.26. The van der Waals surface area contributed by atoms with Crippen LogP contribution in [0, 0.1) is 6.92 Å². The number of hydrogen-bond donors (Lipinski definition) is 2. The summed E-state index contributed by atoms with van der Waals surface area (Å²) in [4.78, 5) is 11.8. The Labute approximate surface area is 126 Å². The van der Waals surface area contributed by atoms with Crippen molar-refractivity contribution in [3.63, 3.8) is 0 Å². The number of carbonyl (C=O) groups excluding carboxylic acids is 1. The van der Waals surface area contributed by atoms with Gasteiger partial charge in [0.1, 0.15) is 0 Å². The summed E-state index contributed by atoms with van der Waals surface area (Å²) in [7, 11) is 1.37. The van der Waals surface area contributed by atoms with Gasteiger partial charge in [0, 0.05) is 17.8 Å². The van der Waals surface area contributed by atoms with E-state index in [-0.39, 0.29) is 0 Å². The third kappa shape index (κ3) is 3.29. The van der Waals surface area contributed by atoms with E-state index in [4.69, 9.17) is 10.5 Å². The van der Waals surface area contributed by atoms with Gasteiger partial charge in [0.15, 0.2) is 0 Å². The van der Waals surface area contributed by atoms with Crippen LogP contribution in [0.4, 0.5) is 11.4 Å². The Morgan fingerprint density at radius 2 is 1.95 bits per heavy atom. The number of nitrogens with zero attached hydrogens (tertiary/aromatic N) is 1. The molecule has 1 saturated heterocycles. The van der Waals surface area contributed by atoms with Crippen LogP contribution >= 0.6 is 0 Å². The summed E-state index contributed by atoms with van der Waals surface area (Å²) in [6.07, 6.45) is 3.61. The maximum Gasteiger partial charge on any atom is 0.340 e. The van der Waals surface area contributed by atoms with Crippen LogP contribution in [0.3, 0.4) is 0 Å². The quantitative estimate of drug-likeness (QED) is 0.662. The molecule has 21 heavy (non-hydrogen) atoms. The summed E-state index contributed by atoms with van der Waals surface area (Å²) in [5.41, 5.74) is 12.1. The molecule has 5 nitrogen and oxygen atoms in total. The number of methoxy groups -OCH3 is 1. The van der Waals surface area contributed by atoms with Gasteiger partial charge in [-0.1, -0.05) is 6.42 Å². The van der Waals surface area contributed by atoms with Crippen molar-refractivity contribution in [2.45, 2.75) is 52.1 Å². The Morgan fingerprint density at radius 3 is 2.52 bits per heavy atom. The molecule has 0 aliphatic carbocycles. The summed E-state index contributed by atoms with van der Waals surface area (Å²) in [6.45, 7) is 6.33. The SMILES string of the molecule is COC(=O)c1cc(NN2C(C)CCCC2C)cc(C)c1N. The van der Waals surface area contributed by atoms with Crippen LogP contribution in [0.15, 0.2) is 12.1 Å². The van der Waals surface area contributed by atoms with Gasteiger partial charge in [0.2, 0.25) is 0 Å². The minimum atomic E-state index is -0.404. The minimum Gasteiger partial charge on any atom is -0.465 e. The van der Waals surface area contributed by atoms with Crippen LogP contribution in [-0.2, 0) is 4.74 Å². The zero-order valence-corrected chi connectivity index (χ0v) is 13.3. The van der Waals surface area contributed by atoms with Crippen LogP contribution < -0.4 is 11.2 Å². The fourth-order valence-corrected chi connectivity index (χ4v) is 2.93. The summed E-state index contributed by atoms with van der Waals surface area (Å²) >= 11 is 0. The van der Waals surface area contributed by atoms with E-state index in [0.717, 1.165) is 11.3 Å². The molecule has 1 heterocycles. The molecule has 2 atom stereocenters. The zero-order chi connectivity index (χ0) is 15.6. The first-order chi connectivity index (χ1) is 9.93. The number of hydrogen-bond acceptors (Lipinski definition) is 5. The van der Waals surface area contributed by atoms with Gasteiger partial charge in [-0.2, -0.15) is 0 Å². The first-order valence-electron chi connectivity index (χ1n) is 7.47. The molecule has 0 bridgehead atoms. The second-order valence-electron chi connectivity index (χ2n) is 5.89. The molecular weight excluding hydrogens is 266 g/mol. The number of hydrazine groups is 1. The standard InChI is InChI=1S/C16H25N3O2/c1-10-8-13(9-14(15(10)17)16(20)21-4)18-19-11(2)6-5-7-12(19)3/h8-9,11-12,18H,5-7,17H2,1-4H3. The highest BCUT2D eigenvalue weighted by atomic mass is 16.5. The molecule has 0 aromatic heterocycles. The van der Waals surface area contributed by atoms with E-state index in [2.05, 4.69) is 24.3 Å². The van der Waals surface area contributed by atoms with Crippen LogP contribution in [-0.4, -0.2) is 30.2 Å². The van der Waals surface area contributed by atoms with Gasteiger partial charge in [-0.05, 0) is 51.3 Å². The predicted molar refractivity (Wildman–Crippen MR) is 85.2 cm³/mol. The van der Waals surface area contributed by atoms with Crippen LogP contribution in [0.2, 0.25) is 0 Å². The van der Waals surface area contributed by atoms with Crippen molar-refractivity contribution in [1.29, 1.82) is 0 Å². The number of carbonyl (C=O) groups is 1. The molecule has 0 saturated carbocycles. The van der Waals surface area contributed by atoms with Crippen molar-refractivity contribution >= 4 is 17.3 Å². The number of nitrogen functional groups attached to an aromatic ring is 1. The average molecular weight is 291 g/mol. The summed E-state index contributed by atoms with van der Waals surface area (Å²) in [5.74, 6) is -0.404. The fraction of sp³-hybridized carbons (Fsp3) is 0.562. The highest BCUT2D eigenvalue weighted by Crippen LogP contribution is 2.27. The number of piperidine rings is 1. The summed E-state index contributed by atoms with van der Waals surface area (Å²) < 4.78 is 4.80. The van der Waals surface area contributed by atoms with E-state index in [1.807, 2.05) is 13.0 Å². The molecule has 0 spiro atoms. The molecule has 1 aromatic rings. The number of nitrogens with two attached hydrogens (primary N) is 1. The third-order valence-electron chi connectivity index (χ3n) is 4.24. The number of ether oxygens (including phenoxy) is 1. The second kappa shape index (κ2) is 6.35. The van der Waals surface area contributed by atoms with E-state index in [9.17, 15) is 4.79 Å². The molecule has 116 valence electrons. The number of rotatable bonds is 3. The van der Waals surface area contributed by atoms with Gasteiger partial charge in [-0.25, -0.2) is 9.80 Å². The topological polar surface area (TPSA) is 67.6 Å². The third-order valence-corrected chi connectivity index (χ3v) is 4.24. The van der Waals surface area contributed by atoms with E-state index >= 15 is 0 Å². The second-order valence-corrected chi connectivity index (χ2v) is 5.89. The number of esters is 1. The Hall–Kier alpha value is -1.75. The molecule has 2 rings (SSSR count). The Kier molecular flexibility index (Phi) is 4.73. The molecule has 1 fully saturated rings. The summed E-state index contributed by atoms with van der Waals surface area (Å²) in [6, 6.07) is 4.67. The van der Waals surface area contributed by atoms with Gasteiger partial charge < -0.3 is 15.9 Å². The van der Waals surface area contributed by atoms with Crippen molar-refractivity contribution in [2.24, 2.45) is 0 Å². The molecule has 2 unspecified atom stereocenters. The normalized spacial score (nSPS) is 22.9. The smallest absolute Gasteiger partial charge is 0.340 e. The van der Waals surface area contributed by atoms with E-state index < -0.39 is 5.97 Å². The van der Waals surface area contributed by atoms with Crippen LogP contribution in [0.1, 0.15) is 49.0 Å². The number of benzene rings is 1. The lowest BCUT2D eigenvalue weighted by Crippen LogP contribution is -2.47. The fourth-order valence-electron chi connectivity index (χ4n) is 2.93. The molecule has 0 amide bonds. The van der Waals surface area contributed by atoms with Gasteiger partial charge in [0.05, 0.1) is 18.4 Å². The first kappa shape index (κ1) is 15.6. The van der Waals surface area contributed by atoms with Gasteiger partial charge in [0.25, 0.3) is 0 Å². The number of nitrogens with one attached hydrogen (secondary N) is 1. The molecular formula is C16H25N3O2. The van der Waals surface area contributed by atoms with Crippen LogP contribution in [0.25, 0.3) is 0 Å². The van der Waals surface area contributed by atoms with Crippen molar-refractivity contribution < 1.29 is 9.53 Å². The van der Waals surface area contributed by atoms with E-state index in [1.165, 1.54) is 26.4 Å². The van der Waals surface area contributed by atoms with Gasteiger partial charge in [-0.3, -0.25) is 0 Å². The largest absolute Gasteiger partial charge is 0.465 e. The number of anilines is 2. The van der Waals surface area contributed by atoms with Gasteiger partial charge in [-0.15, -0.1) is 0 Å². The molecule has 0 radical (unpaired) electrons. The lowest BCUT2D eigenvalue weighted by atomic mass is 9.99. The monoisotopic (exact) mass is 291 g/mol. The molecule has 3 N–H and O–H groups in total.